The second-order valence-electron chi connectivity index (χ2n) is 5.49. The van der Waals surface area contributed by atoms with Crippen LogP contribution < -0.4 is 0 Å². The van der Waals surface area contributed by atoms with Crippen LogP contribution in [0.25, 0.3) is 0 Å². The van der Waals surface area contributed by atoms with E-state index in [-0.39, 0.29) is 0 Å². The molecule has 0 bridgehead atoms. The molecule has 0 spiro atoms. The number of rotatable bonds is 5. The second-order valence-corrected chi connectivity index (χ2v) is 5.49. The molecule has 1 aliphatic heterocycles. The van der Waals surface area contributed by atoms with Gasteiger partial charge in [-0.25, -0.2) is 4.98 Å². The summed E-state index contributed by atoms with van der Waals surface area (Å²) in [6, 6.07) is 0. The number of imidazole rings is 1. The Labute approximate surface area is 116 Å². The molecule has 0 aromatic carbocycles. The molecular formula is C15H26N4. The van der Waals surface area contributed by atoms with Crippen LogP contribution in [0.3, 0.4) is 0 Å². The van der Waals surface area contributed by atoms with Crippen molar-refractivity contribution >= 4 is 0 Å². The molecule has 2 rings (SSSR count). The summed E-state index contributed by atoms with van der Waals surface area (Å²) in [7, 11) is 0. The van der Waals surface area contributed by atoms with Crippen LogP contribution in [0, 0.1) is 0 Å². The van der Waals surface area contributed by atoms with Crippen LogP contribution in [-0.4, -0.2) is 52.1 Å². The van der Waals surface area contributed by atoms with Crippen molar-refractivity contribution in [1.82, 2.24) is 19.4 Å². The van der Waals surface area contributed by atoms with Gasteiger partial charge in [0.25, 0.3) is 0 Å². The van der Waals surface area contributed by atoms with Crippen molar-refractivity contribution in [3.8, 4) is 0 Å². The fourth-order valence-corrected chi connectivity index (χ4v) is 2.42. The molecule has 0 aliphatic carbocycles. The monoisotopic (exact) mass is 262 g/mol. The molecule has 0 amide bonds. The minimum absolute atomic E-state index is 0.983. The first-order chi connectivity index (χ1) is 9.19. The predicted molar refractivity (Wildman–Crippen MR) is 79.0 cm³/mol. The second kappa shape index (κ2) is 6.87. The van der Waals surface area contributed by atoms with Gasteiger partial charge in [0, 0.05) is 51.7 Å². The summed E-state index contributed by atoms with van der Waals surface area (Å²) in [4.78, 5) is 9.49. The van der Waals surface area contributed by atoms with Gasteiger partial charge in [0.05, 0.1) is 6.54 Å². The van der Waals surface area contributed by atoms with Crippen LogP contribution >= 0.6 is 0 Å². The van der Waals surface area contributed by atoms with Crippen LogP contribution in [-0.2, 0) is 13.1 Å². The Kier molecular flexibility index (Phi) is 5.16. The van der Waals surface area contributed by atoms with E-state index < -0.39 is 0 Å². The van der Waals surface area contributed by atoms with Crippen molar-refractivity contribution in [3.05, 3.63) is 29.9 Å². The molecule has 0 N–H and O–H groups in total. The summed E-state index contributed by atoms with van der Waals surface area (Å²) >= 11 is 0. The minimum atomic E-state index is 0.983. The van der Waals surface area contributed by atoms with Crippen LogP contribution in [0.4, 0.5) is 0 Å². The molecule has 19 heavy (non-hydrogen) atoms. The lowest BCUT2D eigenvalue weighted by Gasteiger charge is -2.34. The highest BCUT2D eigenvalue weighted by Gasteiger charge is 2.17. The van der Waals surface area contributed by atoms with Crippen LogP contribution in [0.2, 0.25) is 0 Å². The van der Waals surface area contributed by atoms with Gasteiger partial charge in [-0.05, 0) is 20.8 Å². The Bertz CT molecular complexity index is 410. The van der Waals surface area contributed by atoms with E-state index in [1.165, 1.54) is 11.4 Å². The van der Waals surface area contributed by atoms with Crippen molar-refractivity contribution in [2.24, 2.45) is 0 Å². The fourth-order valence-electron chi connectivity index (χ4n) is 2.42. The van der Waals surface area contributed by atoms with Crippen molar-refractivity contribution in [2.45, 2.75) is 33.9 Å². The van der Waals surface area contributed by atoms with E-state index in [9.17, 15) is 0 Å². The first kappa shape index (κ1) is 14.3. The maximum absolute atomic E-state index is 4.46. The third-order valence-electron chi connectivity index (χ3n) is 3.73. The summed E-state index contributed by atoms with van der Waals surface area (Å²) in [5.74, 6) is 1.19. The Morgan fingerprint density at radius 1 is 1.21 bits per heavy atom. The van der Waals surface area contributed by atoms with E-state index >= 15 is 0 Å². The summed E-state index contributed by atoms with van der Waals surface area (Å²) in [5, 5.41) is 0. The van der Waals surface area contributed by atoms with Gasteiger partial charge < -0.3 is 4.57 Å². The molecule has 106 valence electrons. The zero-order valence-corrected chi connectivity index (χ0v) is 12.5. The molecule has 4 nitrogen and oxygen atoms in total. The summed E-state index contributed by atoms with van der Waals surface area (Å²) in [5.41, 5.74) is 1.41. The quantitative estimate of drug-likeness (QED) is 0.759. The van der Waals surface area contributed by atoms with Crippen LogP contribution in [0.1, 0.15) is 26.6 Å². The number of aromatic nitrogens is 2. The number of allylic oxidation sites excluding steroid dienone is 1. The van der Waals surface area contributed by atoms with E-state index in [0.717, 1.165) is 45.8 Å². The molecule has 1 fully saturated rings. The van der Waals surface area contributed by atoms with E-state index in [2.05, 4.69) is 52.4 Å². The lowest BCUT2D eigenvalue weighted by molar-refractivity contribution is 0.133. The zero-order chi connectivity index (χ0) is 13.7. The third-order valence-corrected chi connectivity index (χ3v) is 3.73. The van der Waals surface area contributed by atoms with Gasteiger partial charge in [0.15, 0.2) is 0 Å². The standard InChI is InChI=1S/C15H26N4/c1-4-19-8-6-16-15(19)13-18-11-9-17(10-12-18)7-5-14(2)3/h5-6,8H,4,7,9-13H2,1-3H3. The van der Waals surface area contributed by atoms with Crippen LogP contribution in [0.5, 0.6) is 0 Å². The van der Waals surface area contributed by atoms with E-state index in [1.54, 1.807) is 0 Å². The predicted octanol–water partition coefficient (Wildman–Crippen LogP) is 1.99. The summed E-state index contributed by atoms with van der Waals surface area (Å²) < 4.78 is 2.23. The molecule has 4 heteroatoms. The average Bonchev–Trinajstić information content (AvgIpc) is 2.85. The summed E-state index contributed by atoms with van der Waals surface area (Å²) in [6.45, 7) is 14.2. The minimum Gasteiger partial charge on any atom is -0.334 e. The highest BCUT2D eigenvalue weighted by molar-refractivity contribution is 4.96. The Hall–Kier alpha value is -1.13. The molecule has 0 unspecified atom stereocenters. The largest absolute Gasteiger partial charge is 0.334 e. The summed E-state index contributed by atoms with van der Waals surface area (Å²) in [6.07, 6.45) is 6.30. The number of hydrogen-bond acceptors (Lipinski definition) is 3. The third kappa shape index (κ3) is 4.18. The fraction of sp³-hybridized carbons (Fsp3) is 0.667. The molecule has 1 saturated heterocycles. The smallest absolute Gasteiger partial charge is 0.122 e. The van der Waals surface area contributed by atoms with E-state index in [0.29, 0.717) is 0 Å². The lowest BCUT2D eigenvalue weighted by Crippen LogP contribution is -2.46. The molecule has 2 heterocycles. The van der Waals surface area contributed by atoms with Gasteiger partial charge in [-0.1, -0.05) is 11.6 Å². The molecule has 0 saturated carbocycles. The number of nitrogens with zero attached hydrogens (tertiary/aromatic N) is 4. The van der Waals surface area contributed by atoms with Gasteiger partial charge >= 0.3 is 0 Å². The average molecular weight is 262 g/mol. The molecule has 1 aromatic heterocycles. The van der Waals surface area contributed by atoms with Gasteiger partial charge in [0.1, 0.15) is 5.82 Å². The maximum atomic E-state index is 4.46. The first-order valence-corrected chi connectivity index (χ1v) is 7.27. The number of hydrogen-bond donors (Lipinski definition) is 0. The van der Waals surface area contributed by atoms with Gasteiger partial charge in [0.2, 0.25) is 0 Å². The maximum Gasteiger partial charge on any atom is 0.122 e. The topological polar surface area (TPSA) is 24.3 Å². The molecule has 1 aliphatic rings. The van der Waals surface area contributed by atoms with Gasteiger partial charge in [-0.3, -0.25) is 9.80 Å². The number of aryl methyl sites for hydroxylation is 1. The van der Waals surface area contributed by atoms with Crippen molar-refractivity contribution in [3.63, 3.8) is 0 Å². The van der Waals surface area contributed by atoms with E-state index in [4.69, 9.17) is 0 Å². The van der Waals surface area contributed by atoms with Gasteiger partial charge in [-0.15, -0.1) is 0 Å². The van der Waals surface area contributed by atoms with Crippen LogP contribution in [0.15, 0.2) is 24.0 Å². The zero-order valence-electron chi connectivity index (χ0n) is 12.5. The van der Waals surface area contributed by atoms with Crippen molar-refractivity contribution in [2.75, 3.05) is 32.7 Å². The van der Waals surface area contributed by atoms with Crippen molar-refractivity contribution < 1.29 is 0 Å². The van der Waals surface area contributed by atoms with E-state index in [1.807, 2.05) is 6.20 Å². The SMILES string of the molecule is CCn1ccnc1CN1CCN(CC=C(C)C)CC1. The lowest BCUT2D eigenvalue weighted by atomic mass is 10.2. The Morgan fingerprint density at radius 3 is 2.53 bits per heavy atom. The molecule has 0 radical (unpaired) electrons. The van der Waals surface area contributed by atoms with Crippen molar-refractivity contribution in [1.29, 1.82) is 0 Å². The normalized spacial score (nSPS) is 17.6. The Morgan fingerprint density at radius 2 is 1.89 bits per heavy atom. The molecular weight excluding hydrogens is 236 g/mol. The van der Waals surface area contributed by atoms with Gasteiger partial charge in [-0.2, -0.15) is 0 Å². The molecule has 0 atom stereocenters. The highest BCUT2D eigenvalue weighted by Crippen LogP contribution is 2.08. The number of piperazine rings is 1. The Balaban J connectivity index is 1.79. The first-order valence-electron chi connectivity index (χ1n) is 7.27. The molecule has 1 aromatic rings. The highest BCUT2D eigenvalue weighted by atomic mass is 15.3.